The van der Waals surface area contributed by atoms with Crippen LogP contribution in [-0.2, 0) is 10.0 Å². The fourth-order valence-electron chi connectivity index (χ4n) is 2.05. The summed E-state index contributed by atoms with van der Waals surface area (Å²) < 4.78 is 40.2. The molecule has 6 heteroatoms. The van der Waals surface area contributed by atoms with Crippen LogP contribution in [0.1, 0.15) is 33.1 Å². The van der Waals surface area contributed by atoms with E-state index in [1.807, 2.05) is 0 Å². The van der Waals surface area contributed by atoms with Crippen molar-refractivity contribution >= 4 is 15.7 Å². The lowest BCUT2D eigenvalue weighted by Crippen LogP contribution is -2.34. The van der Waals surface area contributed by atoms with E-state index in [9.17, 15) is 12.8 Å². The summed E-state index contributed by atoms with van der Waals surface area (Å²) in [5.74, 6) is -0.264. The lowest BCUT2D eigenvalue weighted by molar-refractivity contribution is 0.373. The topological polar surface area (TPSA) is 63.4 Å². The molecule has 1 aromatic rings. The number of nitrogens with two attached hydrogens (primary N) is 1. The van der Waals surface area contributed by atoms with Crippen LogP contribution >= 0.6 is 0 Å². The van der Waals surface area contributed by atoms with Gasteiger partial charge in [0.25, 0.3) is 0 Å². The van der Waals surface area contributed by atoms with Crippen LogP contribution < -0.4 is 5.73 Å². The number of hydrogen-bond donors (Lipinski definition) is 1. The molecule has 1 fully saturated rings. The quantitative estimate of drug-likeness (QED) is 0.821. The zero-order valence-corrected chi connectivity index (χ0v) is 12.7. The van der Waals surface area contributed by atoms with Gasteiger partial charge in [-0.3, -0.25) is 0 Å². The van der Waals surface area contributed by atoms with Crippen LogP contribution in [0.15, 0.2) is 23.1 Å². The fraction of sp³-hybridized carbons (Fsp3) is 0.571. The third-order valence-corrected chi connectivity index (χ3v) is 5.41. The van der Waals surface area contributed by atoms with Gasteiger partial charge < -0.3 is 5.73 Å². The molecule has 1 saturated carbocycles. The van der Waals surface area contributed by atoms with Crippen LogP contribution in [0.2, 0.25) is 0 Å². The lowest BCUT2D eigenvalue weighted by Gasteiger charge is -2.23. The number of rotatable bonds is 6. The molecule has 0 spiro atoms. The molecule has 0 amide bonds. The third kappa shape index (κ3) is 3.30. The average Bonchev–Trinajstić information content (AvgIpc) is 3.16. The van der Waals surface area contributed by atoms with Gasteiger partial charge in [-0.2, -0.15) is 4.31 Å². The van der Waals surface area contributed by atoms with Crippen molar-refractivity contribution in [2.45, 2.75) is 44.0 Å². The maximum absolute atomic E-state index is 13.5. The van der Waals surface area contributed by atoms with Gasteiger partial charge >= 0.3 is 0 Å². The van der Waals surface area contributed by atoms with Crippen molar-refractivity contribution in [2.24, 2.45) is 5.92 Å². The molecule has 2 N–H and O–H groups in total. The first-order chi connectivity index (χ1) is 9.32. The first kappa shape index (κ1) is 15.3. The van der Waals surface area contributed by atoms with Gasteiger partial charge in [-0.15, -0.1) is 0 Å². The molecule has 0 aromatic heterocycles. The molecule has 0 unspecified atom stereocenters. The van der Waals surface area contributed by atoms with Crippen molar-refractivity contribution in [3.8, 4) is 0 Å². The molecule has 1 aromatic carbocycles. The standard InChI is InChI=1S/C14H21FN2O2S/c1-10(2)7-8-17(11-3-4-11)20(18,19)12-5-6-14(16)13(15)9-12/h5-6,9-11H,3-4,7-8,16H2,1-2H3. The van der Waals surface area contributed by atoms with Gasteiger partial charge in [-0.05, 0) is 43.4 Å². The minimum atomic E-state index is -3.63. The minimum Gasteiger partial charge on any atom is -0.396 e. The summed E-state index contributed by atoms with van der Waals surface area (Å²) in [5.41, 5.74) is 5.36. The Balaban J connectivity index is 2.27. The number of nitrogen functional groups attached to an aromatic ring is 1. The van der Waals surface area contributed by atoms with Crippen LogP contribution in [0.4, 0.5) is 10.1 Å². The van der Waals surface area contributed by atoms with Crippen LogP contribution in [0, 0.1) is 11.7 Å². The highest BCUT2D eigenvalue weighted by Gasteiger charge is 2.37. The predicted molar refractivity (Wildman–Crippen MR) is 77.2 cm³/mol. The summed E-state index contributed by atoms with van der Waals surface area (Å²) in [5, 5.41) is 0. The third-order valence-electron chi connectivity index (χ3n) is 3.46. The van der Waals surface area contributed by atoms with Crippen molar-refractivity contribution < 1.29 is 12.8 Å². The molecule has 0 aliphatic heterocycles. The highest BCUT2D eigenvalue weighted by atomic mass is 32.2. The summed E-state index contributed by atoms with van der Waals surface area (Å²) in [4.78, 5) is -0.0140. The molecule has 1 aliphatic carbocycles. The van der Waals surface area contributed by atoms with E-state index in [4.69, 9.17) is 5.73 Å². The predicted octanol–water partition coefficient (Wildman–Crippen LogP) is 2.61. The van der Waals surface area contributed by atoms with E-state index in [1.54, 1.807) is 0 Å². The number of nitrogens with zero attached hydrogens (tertiary/aromatic N) is 1. The monoisotopic (exact) mass is 300 g/mol. The van der Waals surface area contributed by atoms with Gasteiger partial charge in [0.2, 0.25) is 10.0 Å². The summed E-state index contributed by atoms with van der Waals surface area (Å²) in [7, 11) is -3.63. The van der Waals surface area contributed by atoms with Crippen molar-refractivity contribution in [3.63, 3.8) is 0 Å². The summed E-state index contributed by atoms with van der Waals surface area (Å²) >= 11 is 0. The zero-order chi connectivity index (χ0) is 14.9. The molecule has 0 saturated heterocycles. The molecule has 0 atom stereocenters. The second-order valence-corrected chi connectivity index (χ2v) is 7.60. The SMILES string of the molecule is CC(C)CCN(C1CC1)S(=O)(=O)c1ccc(N)c(F)c1. The van der Waals surface area contributed by atoms with Crippen LogP contribution in [-0.4, -0.2) is 25.3 Å². The maximum Gasteiger partial charge on any atom is 0.243 e. The van der Waals surface area contributed by atoms with Crippen molar-refractivity contribution in [1.29, 1.82) is 0 Å². The highest BCUT2D eigenvalue weighted by molar-refractivity contribution is 7.89. The Bertz CT molecular complexity index is 583. The Morgan fingerprint density at radius 2 is 2.05 bits per heavy atom. The van der Waals surface area contributed by atoms with Crippen LogP contribution in [0.25, 0.3) is 0 Å². The van der Waals surface area contributed by atoms with Crippen LogP contribution in [0.5, 0.6) is 0 Å². The number of hydrogen-bond acceptors (Lipinski definition) is 3. The summed E-state index contributed by atoms with van der Waals surface area (Å²) in [6.45, 7) is 4.60. The van der Waals surface area contributed by atoms with Crippen molar-refractivity contribution in [1.82, 2.24) is 4.31 Å². The van der Waals surface area contributed by atoms with Gasteiger partial charge in [-0.25, -0.2) is 12.8 Å². The first-order valence-electron chi connectivity index (χ1n) is 6.89. The smallest absolute Gasteiger partial charge is 0.243 e. The second-order valence-electron chi connectivity index (χ2n) is 5.71. The number of anilines is 1. The van der Waals surface area contributed by atoms with E-state index in [-0.39, 0.29) is 16.6 Å². The van der Waals surface area contributed by atoms with E-state index >= 15 is 0 Å². The second kappa shape index (κ2) is 5.69. The Morgan fingerprint density at radius 3 is 2.55 bits per heavy atom. The largest absolute Gasteiger partial charge is 0.396 e. The van der Waals surface area contributed by atoms with Crippen molar-refractivity contribution in [2.75, 3.05) is 12.3 Å². The summed E-state index contributed by atoms with van der Waals surface area (Å²) in [6.07, 6.45) is 2.57. The highest BCUT2D eigenvalue weighted by Crippen LogP contribution is 2.33. The molecular weight excluding hydrogens is 279 g/mol. The van der Waals surface area contributed by atoms with Crippen LogP contribution in [0.3, 0.4) is 0 Å². The maximum atomic E-state index is 13.5. The Kier molecular flexibility index (Phi) is 4.34. The van der Waals surface area contributed by atoms with E-state index in [0.29, 0.717) is 12.5 Å². The molecular formula is C14H21FN2O2S. The number of sulfonamides is 1. The molecule has 0 bridgehead atoms. The van der Waals surface area contributed by atoms with Crippen molar-refractivity contribution in [3.05, 3.63) is 24.0 Å². The molecule has 0 heterocycles. The molecule has 2 rings (SSSR count). The summed E-state index contributed by atoms with van der Waals surface area (Å²) in [6, 6.07) is 3.75. The molecule has 20 heavy (non-hydrogen) atoms. The Hall–Kier alpha value is -1.14. The van der Waals surface area contributed by atoms with E-state index in [1.165, 1.54) is 16.4 Å². The van der Waals surface area contributed by atoms with E-state index < -0.39 is 15.8 Å². The van der Waals surface area contributed by atoms with E-state index in [2.05, 4.69) is 13.8 Å². The minimum absolute atomic E-state index is 0.0140. The average molecular weight is 300 g/mol. The Labute approximate surface area is 119 Å². The van der Waals surface area contributed by atoms with E-state index in [0.717, 1.165) is 25.3 Å². The molecule has 0 radical (unpaired) electrons. The van der Waals surface area contributed by atoms with Gasteiger partial charge in [-0.1, -0.05) is 13.8 Å². The zero-order valence-electron chi connectivity index (χ0n) is 11.8. The van der Waals surface area contributed by atoms with Gasteiger partial charge in [0.15, 0.2) is 0 Å². The molecule has 4 nitrogen and oxygen atoms in total. The lowest BCUT2D eigenvalue weighted by atomic mass is 10.1. The Morgan fingerprint density at radius 1 is 1.40 bits per heavy atom. The first-order valence-corrected chi connectivity index (χ1v) is 8.33. The fourth-order valence-corrected chi connectivity index (χ4v) is 3.76. The van der Waals surface area contributed by atoms with Gasteiger partial charge in [0.1, 0.15) is 5.82 Å². The molecule has 112 valence electrons. The normalized spacial score (nSPS) is 16.1. The van der Waals surface area contributed by atoms with Gasteiger partial charge in [0.05, 0.1) is 10.6 Å². The number of benzene rings is 1. The van der Waals surface area contributed by atoms with Gasteiger partial charge in [0, 0.05) is 12.6 Å². The number of halogens is 1. The molecule has 1 aliphatic rings.